The van der Waals surface area contributed by atoms with Crippen molar-refractivity contribution in [2.24, 2.45) is 0 Å². The zero-order valence-electron chi connectivity index (χ0n) is 13.4. The van der Waals surface area contributed by atoms with Crippen LogP contribution in [-0.2, 0) is 15.8 Å². The SMILES string of the molecule is COc1ccc2nc(C(F)(F)F)c(C#N)c(N(C(C)=O)C(C)=O)c2c1. The Morgan fingerprint density at radius 3 is 2.28 bits per heavy atom. The number of benzene rings is 1. The maximum Gasteiger partial charge on any atom is 0.434 e. The Hall–Kier alpha value is -3.15. The summed E-state index contributed by atoms with van der Waals surface area (Å²) in [5.41, 5.74) is -2.96. The van der Waals surface area contributed by atoms with Gasteiger partial charge in [-0.3, -0.25) is 9.59 Å². The van der Waals surface area contributed by atoms with Gasteiger partial charge in [-0.25, -0.2) is 9.88 Å². The molecular formula is C16H12F3N3O3. The van der Waals surface area contributed by atoms with Crippen molar-refractivity contribution in [3.63, 3.8) is 0 Å². The van der Waals surface area contributed by atoms with Crippen molar-refractivity contribution >= 4 is 28.4 Å². The van der Waals surface area contributed by atoms with Crippen LogP contribution < -0.4 is 9.64 Å². The fourth-order valence-corrected chi connectivity index (χ4v) is 2.43. The Kier molecular flexibility index (Phi) is 4.65. The standard InChI is InChI=1S/C16H12F3N3O3/c1-8(23)22(9(2)24)14-11-6-10(25-3)4-5-13(11)21-15(12(14)7-20)16(17,18)19/h4-6H,1-3H3. The van der Waals surface area contributed by atoms with Gasteiger partial charge < -0.3 is 4.74 Å². The first-order valence-corrected chi connectivity index (χ1v) is 6.92. The number of carbonyl (C=O) groups excluding carboxylic acids is 2. The molecule has 2 amide bonds. The second kappa shape index (κ2) is 6.39. The molecule has 1 aromatic heterocycles. The van der Waals surface area contributed by atoms with E-state index in [0.717, 1.165) is 13.8 Å². The summed E-state index contributed by atoms with van der Waals surface area (Å²) in [5, 5.41) is 9.31. The van der Waals surface area contributed by atoms with Gasteiger partial charge in [0.2, 0.25) is 11.8 Å². The second-order valence-corrected chi connectivity index (χ2v) is 5.05. The van der Waals surface area contributed by atoms with Crippen molar-refractivity contribution in [1.82, 2.24) is 4.98 Å². The molecule has 0 N–H and O–H groups in total. The van der Waals surface area contributed by atoms with Crippen LogP contribution in [0.5, 0.6) is 5.75 Å². The molecule has 0 aliphatic rings. The molecule has 0 bridgehead atoms. The van der Waals surface area contributed by atoms with E-state index in [2.05, 4.69) is 4.98 Å². The van der Waals surface area contributed by atoms with Crippen LogP contribution in [0.15, 0.2) is 18.2 Å². The summed E-state index contributed by atoms with van der Waals surface area (Å²) in [4.78, 5) is 27.8. The van der Waals surface area contributed by atoms with Crippen LogP contribution in [0.2, 0.25) is 0 Å². The number of nitrogens with zero attached hydrogens (tertiary/aromatic N) is 3. The molecule has 6 nitrogen and oxygen atoms in total. The van der Waals surface area contributed by atoms with Gasteiger partial charge in [0.25, 0.3) is 0 Å². The molecule has 0 saturated heterocycles. The molecular weight excluding hydrogens is 339 g/mol. The Bertz CT molecular complexity index is 903. The normalized spacial score (nSPS) is 11.1. The Morgan fingerprint density at radius 1 is 1.24 bits per heavy atom. The van der Waals surface area contributed by atoms with Gasteiger partial charge in [-0.05, 0) is 18.2 Å². The summed E-state index contributed by atoms with van der Waals surface area (Å²) < 4.78 is 45.0. The highest BCUT2D eigenvalue weighted by Crippen LogP contribution is 2.40. The van der Waals surface area contributed by atoms with E-state index in [1.54, 1.807) is 0 Å². The van der Waals surface area contributed by atoms with Gasteiger partial charge >= 0.3 is 6.18 Å². The number of anilines is 1. The molecule has 0 unspecified atom stereocenters. The monoisotopic (exact) mass is 351 g/mol. The Labute approximate surface area is 140 Å². The van der Waals surface area contributed by atoms with Crippen LogP contribution in [0.4, 0.5) is 18.9 Å². The van der Waals surface area contributed by atoms with Crippen LogP contribution in [0.25, 0.3) is 10.9 Å². The maximum atomic E-state index is 13.3. The first-order chi connectivity index (χ1) is 11.6. The molecule has 0 fully saturated rings. The number of aromatic nitrogens is 1. The van der Waals surface area contributed by atoms with Gasteiger partial charge in [-0.15, -0.1) is 0 Å². The highest BCUT2D eigenvalue weighted by molar-refractivity contribution is 6.18. The fourth-order valence-electron chi connectivity index (χ4n) is 2.43. The number of halogens is 3. The number of pyridine rings is 1. The van der Waals surface area contributed by atoms with Crippen molar-refractivity contribution in [3.05, 3.63) is 29.5 Å². The van der Waals surface area contributed by atoms with Crippen LogP contribution in [0, 0.1) is 11.3 Å². The number of hydrogen-bond donors (Lipinski definition) is 0. The largest absolute Gasteiger partial charge is 0.497 e. The molecule has 0 aliphatic heterocycles. The third kappa shape index (κ3) is 3.24. The molecule has 0 radical (unpaired) electrons. The molecule has 0 aliphatic carbocycles. The third-order valence-electron chi connectivity index (χ3n) is 3.40. The van der Waals surface area contributed by atoms with E-state index in [1.807, 2.05) is 0 Å². The molecule has 1 heterocycles. The molecule has 0 atom stereocenters. The highest BCUT2D eigenvalue weighted by atomic mass is 19.4. The lowest BCUT2D eigenvalue weighted by Crippen LogP contribution is -2.34. The number of methoxy groups -OCH3 is 1. The summed E-state index contributed by atoms with van der Waals surface area (Å²) >= 11 is 0. The van der Waals surface area contributed by atoms with E-state index < -0.39 is 34.9 Å². The number of nitriles is 1. The number of imide groups is 1. The number of ether oxygens (including phenoxy) is 1. The van der Waals surface area contributed by atoms with Crippen molar-refractivity contribution in [2.45, 2.75) is 20.0 Å². The van der Waals surface area contributed by atoms with E-state index in [0.29, 0.717) is 4.90 Å². The number of carbonyl (C=O) groups is 2. The van der Waals surface area contributed by atoms with Crippen molar-refractivity contribution < 1.29 is 27.5 Å². The quantitative estimate of drug-likeness (QED) is 0.830. The molecule has 9 heteroatoms. The molecule has 130 valence electrons. The average Bonchev–Trinajstić information content (AvgIpc) is 2.52. The predicted molar refractivity (Wildman–Crippen MR) is 81.9 cm³/mol. The number of rotatable bonds is 2. The molecule has 25 heavy (non-hydrogen) atoms. The predicted octanol–water partition coefficient (Wildman–Crippen LogP) is 3.03. The average molecular weight is 351 g/mol. The zero-order chi connectivity index (χ0) is 18.9. The Balaban J connectivity index is 3.07. The minimum absolute atomic E-state index is 0.0225. The van der Waals surface area contributed by atoms with Crippen molar-refractivity contribution in [2.75, 3.05) is 12.0 Å². The van der Waals surface area contributed by atoms with E-state index in [-0.39, 0.29) is 16.7 Å². The fraction of sp³-hybridized carbons (Fsp3) is 0.250. The van der Waals surface area contributed by atoms with E-state index in [4.69, 9.17) is 4.74 Å². The first-order valence-electron chi connectivity index (χ1n) is 6.92. The van der Waals surface area contributed by atoms with Crippen molar-refractivity contribution in [1.29, 1.82) is 5.26 Å². The summed E-state index contributed by atoms with van der Waals surface area (Å²) in [6, 6.07) is 5.38. The summed E-state index contributed by atoms with van der Waals surface area (Å²) in [6.45, 7) is 2.03. The van der Waals surface area contributed by atoms with Gasteiger partial charge in [0, 0.05) is 19.2 Å². The van der Waals surface area contributed by atoms with E-state index >= 15 is 0 Å². The van der Waals surface area contributed by atoms with E-state index in [1.165, 1.54) is 31.4 Å². The molecule has 2 rings (SSSR count). The summed E-state index contributed by atoms with van der Waals surface area (Å²) in [7, 11) is 1.34. The highest BCUT2D eigenvalue weighted by Gasteiger charge is 2.39. The van der Waals surface area contributed by atoms with Crippen LogP contribution in [-0.4, -0.2) is 23.9 Å². The summed E-state index contributed by atoms with van der Waals surface area (Å²) in [5.74, 6) is -1.38. The van der Waals surface area contributed by atoms with Crippen LogP contribution >= 0.6 is 0 Å². The van der Waals surface area contributed by atoms with E-state index in [9.17, 15) is 28.0 Å². The zero-order valence-corrected chi connectivity index (χ0v) is 13.4. The van der Waals surface area contributed by atoms with Gasteiger partial charge in [0.15, 0.2) is 5.69 Å². The topological polar surface area (TPSA) is 83.3 Å². The van der Waals surface area contributed by atoms with Crippen molar-refractivity contribution in [3.8, 4) is 11.8 Å². The number of fused-ring (bicyclic) bond motifs is 1. The Morgan fingerprint density at radius 2 is 1.84 bits per heavy atom. The minimum Gasteiger partial charge on any atom is -0.497 e. The molecule has 0 spiro atoms. The number of hydrogen-bond acceptors (Lipinski definition) is 5. The van der Waals surface area contributed by atoms with Gasteiger partial charge in [0.05, 0.1) is 18.3 Å². The van der Waals surface area contributed by atoms with Gasteiger partial charge in [-0.1, -0.05) is 0 Å². The lowest BCUT2D eigenvalue weighted by atomic mass is 10.0. The molecule has 0 saturated carbocycles. The summed E-state index contributed by atoms with van der Waals surface area (Å²) in [6.07, 6.45) is -4.94. The third-order valence-corrected chi connectivity index (χ3v) is 3.40. The number of alkyl halides is 3. The maximum absolute atomic E-state index is 13.3. The lowest BCUT2D eigenvalue weighted by molar-refractivity contribution is -0.141. The molecule has 1 aromatic carbocycles. The second-order valence-electron chi connectivity index (χ2n) is 5.05. The van der Waals surface area contributed by atoms with Gasteiger partial charge in [-0.2, -0.15) is 18.4 Å². The van der Waals surface area contributed by atoms with Crippen LogP contribution in [0.3, 0.4) is 0 Å². The van der Waals surface area contributed by atoms with Crippen LogP contribution in [0.1, 0.15) is 25.1 Å². The minimum atomic E-state index is -4.94. The number of amides is 2. The van der Waals surface area contributed by atoms with Gasteiger partial charge in [0.1, 0.15) is 17.4 Å². The molecule has 2 aromatic rings. The first kappa shape index (κ1) is 18.2. The lowest BCUT2D eigenvalue weighted by Gasteiger charge is -2.22. The smallest absolute Gasteiger partial charge is 0.434 e.